The van der Waals surface area contributed by atoms with Gasteiger partial charge >= 0.3 is 5.97 Å². The van der Waals surface area contributed by atoms with Gasteiger partial charge < -0.3 is 25.3 Å². The standard InChI is InChI=1S/C13H12Br2N4O4/c1-19-5-6(2-9(19)13(23)16-4-10(20)21)17-12(22)8-3-7(14)11(15)18-8/h2-3,5,18H,4H2,1H3,(H,16,23)(H,17,22)(H,20,21). The molecule has 2 aromatic rings. The topological polar surface area (TPSA) is 116 Å². The van der Waals surface area contributed by atoms with E-state index in [2.05, 4.69) is 47.5 Å². The normalized spacial score (nSPS) is 10.4. The molecule has 0 unspecified atom stereocenters. The SMILES string of the molecule is Cn1cc(NC(=O)c2cc(Br)c(Br)[nH]2)cc1C(=O)NCC(=O)O. The van der Waals surface area contributed by atoms with Crippen molar-refractivity contribution in [2.24, 2.45) is 7.05 Å². The Hall–Kier alpha value is -2.07. The first kappa shape index (κ1) is 17.3. The zero-order chi connectivity index (χ0) is 17.1. The number of carboxylic acids is 1. The van der Waals surface area contributed by atoms with E-state index in [0.717, 1.165) is 0 Å². The van der Waals surface area contributed by atoms with Gasteiger partial charge in [0.25, 0.3) is 11.8 Å². The molecule has 10 heteroatoms. The van der Waals surface area contributed by atoms with Crippen LogP contribution in [0.3, 0.4) is 0 Å². The number of carboxylic acid groups (broad SMARTS) is 1. The third-order valence-electron chi connectivity index (χ3n) is 2.87. The summed E-state index contributed by atoms with van der Waals surface area (Å²) < 4.78 is 2.85. The molecule has 0 aliphatic heterocycles. The molecule has 0 aromatic carbocycles. The number of carbonyl (C=O) groups is 3. The minimum Gasteiger partial charge on any atom is -0.480 e. The minimum atomic E-state index is -1.14. The largest absolute Gasteiger partial charge is 0.480 e. The summed E-state index contributed by atoms with van der Waals surface area (Å²) in [6.07, 6.45) is 1.56. The fraction of sp³-hybridized carbons (Fsp3) is 0.154. The number of nitrogens with zero attached hydrogens (tertiary/aromatic N) is 1. The van der Waals surface area contributed by atoms with E-state index in [9.17, 15) is 14.4 Å². The van der Waals surface area contributed by atoms with Crippen LogP contribution in [0.15, 0.2) is 27.4 Å². The van der Waals surface area contributed by atoms with Crippen LogP contribution < -0.4 is 10.6 Å². The van der Waals surface area contributed by atoms with Crippen molar-refractivity contribution in [2.45, 2.75) is 0 Å². The highest BCUT2D eigenvalue weighted by Crippen LogP contribution is 2.23. The van der Waals surface area contributed by atoms with Crippen molar-refractivity contribution >= 4 is 55.3 Å². The summed E-state index contributed by atoms with van der Waals surface area (Å²) >= 11 is 6.52. The molecule has 0 fully saturated rings. The number of amides is 2. The van der Waals surface area contributed by atoms with Crippen LogP contribution in [0.2, 0.25) is 0 Å². The minimum absolute atomic E-state index is 0.232. The van der Waals surface area contributed by atoms with Crippen LogP contribution in [0, 0.1) is 0 Å². The quantitative estimate of drug-likeness (QED) is 0.560. The highest BCUT2D eigenvalue weighted by Gasteiger charge is 2.16. The van der Waals surface area contributed by atoms with Gasteiger partial charge in [0.15, 0.2) is 0 Å². The number of aliphatic carboxylic acids is 1. The zero-order valence-electron chi connectivity index (χ0n) is 11.8. The molecule has 2 heterocycles. The number of hydrogen-bond acceptors (Lipinski definition) is 3. The molecule has 0 spiro atoms. The summed E-state index contributed by atoms with van der Waals surface area (Å²) in [7, 11) is 1.62. The number of anilines is 1. The Bertz CT molecular complexity index is 762. The highest BCUT2D eigenvalue weighted by atomic mass is 79.9. The number of aromatic nitrogens is 2. The number of rotatable bonds is 5. The van der Waals surface area contributed by atoms with Crippen molar-refractivity contribution in [2.75, 3.05) is 11.9 Å². The van der Waals surface area contributed by atoms with Gasteiger partial charge in [-0.1, -0.05) is 0 Å². The zero-order valence-corrected chi connectivity index (χ0v) is 15.0. The summed E-state index contributed by atoms with van der Waals surface area (Å²) in [6, 6.07) is 3.07. The Kier molecular flexibility index (Phi) is 5.26. The van der Waals surface area contributed by atoms with E-state index >= 15 is 0 Å². The third kappa shape index (κ3) is 4.23. The maximum atomic E-state index is 12.1. The number of aryl methyl sites for hydroxylation is 1. The Balaban J connectivity index is 2.10. The van der Waals surface area contributed by atoms with Gasteiger partial charge in [-0.3, -0.25) is 14.4 Å². The molecule has 0 aliphatic carbocycles. The summed E-state index contributed by atoms with van der Waals surface area (Å²) in [5, 5.41) is 13.5. The molecule has 8 nitrogen and oxygen atoms in total. The molecule has 23 heavy (non-hydrogen) atoms. The first-order chi connectivity index (χ1) is 10.8. The summed E-state index contributed by atoms with van der Waals surface area (Å²) in [4.78, 5) is 37.3. The first-order valence-electron chi connectivity index (χ1n) is 6.29. The lowest BCUT2D eigenvalue weighted by Gasteiger charge is -2.02. The molecule has 0 saturated heterocycles. The van der Waals surface area contributed by atoms with Crippen LogP contribution >= 0.6 is 31.9 Å². The third-order valence-corrected chi connectivity index (χ3v) is 4.65. The van der Waals surface area contributed by atoms with E-state index in [0.29, 0.717) is 20.5 Å². The molecule has 2 rings (SSSR count). The van der Waals surface area contributed by atoms with E-state index in [1.807, 2.05) is 0 Å². The van der Waals surface area contributed by atoms with Crippen molar-refractivity contribution in [1.82, 2.24) is 14.9 Å². The molecule has 0 atom stereocenters. The van der Waals surface area contributed by atoms with E-state index in [1.165, 1.54) is 10.6 Å². The second-order valence-electron chi connectivity index (χ2n) is 4.60. The average molecular weight is 448 g/mol. The number of carbonyl (C=O) groups excluding carboxylic acids is 2. The predicted molar refractivity (Wildman–Crippen MR) is 89.5 cm³/mol. The van der Waals surface area contributed by atoms with Crippen molar-refractivity contribution in [3.8, 4) is 0 Å². The van der Waals surface area contributed by atoms with Crippen LogP contribution in [0.4, 0.5) is 5.69 Å². The van der Waals surface area contributed by atoms with Gasteiger partial charge in [0.05, 0.1) is 14.8 Å². The van der Waals surface area contributed by atoms with Gasteiger partial charge in [-0.2, -0.15) is 0 Å². The fourth-order valence-electron chi connectivity index (χ4n) is 1.83. The molecule has 0 aliphatic rings. The number of hydrogen-bond donors (Lipinski definition) is 4. The Labute approximate surface area is 147 Å². The lowest BCUT2D eigenvalue weighted by Crippen LogP contribution is -2.30. The van der Waals surface area contributed by atoms with Crippen molar-refractivity contribution < 1.29 is 19.5 Å². The number of halogens is 2. The molecule has 4 N–H and O–H groups in total. The molecule has 2 aromatic heterocycles. The van der Waals surface area contributed by atoms with Crippen LogP contribution in [0.5, 0.6) is 0 Å². The number of H-pyrrole nitrogens is 1. The van der Waals surface area contributed by atoms with Gasteiger partial charge in [-0.25, -0.2) is 0 Å². The average Bonchev–Trinajstić information content (AvgIpc) is 2.99. The van der Waals surface area contributed by atoms with Crippen LogP contribution in [-0.4, -0.2) is 39.0 Å². The van der Waals surface area contributed by atoms with Crippen LogP contribution in [0.1, 0.15) is 21.0 Å². The molecule has 122 valence electrons. The highest BCUT2D eigenvalue weighted by molar-refractivity contribution is 9.13. The second kappa shape index (κ2) is 7.01. The van der Waals surface area contributed by atoms with E-state index in [1.54, 1.807) is 19.3 Å². The fourth-order valence-corrected chi connectivity index (χ4v) is 2.49. The van der Waals surface area contributed by atoms with E-state index in [4.69, 9.17) is 5.11 Å². The van der Waals surface area contributed by atoms with Gasteiger partial charge in [-0.05, 0) is 44.0 Å². The monoisotopic (exact) mass is 446 g/mol. The Morgan fingerprint density at radius 3 is 2.52 bits per heavy atom. The molecule has 0 bridgehead atoms. The van der Waals surface area contributed by atoms with Gasteiger partial charge in [0.2, 0.25) is 0 Å². The number of aromatic amines is 1. The van der Waals surface area contributed by atoms with Crippen molar-refractivity contribution in [3.63, 3.8) is 0 Å². The van der Waals surface area contributed by atoms with Crippen LogP contribution in [0.25, 0.3) is 0 Å². The second-order valence-corrected chi connectivity index (χ2v) is 6.25. The predicted octanol–water partition coefficient (Wildman–Crippen LogP) is 1.94. The summed E-state index contributed by atoms with van der Waals surface area (Å²) in [5.74, 6) is -2.05. The summed E-state index contributed by atoms with van der Waals surface area (Å²) in [6.45, 7) is -0.476. The Morgan fingerprint density at radius 2 is 1.96 bits per heavy atom. The summed E-state index contributed by atoms with van der Waals surface area (Å²) in [5.41, 5.74) is 0.986. The molecule has 0 radical (unpaired) electrons. The molecule has 2 amide bonds. The maximum absolute atomic E-state index is 12.1. The lowest BCUT2D eigenvalue weighted by atomic mass is 10.3. The lowest BCUT2D eigenvalue weighted by molar-refractivity contribution is -0.135. The van der Waals surface area contributed by atoms with Crippen molar-refractivity contribution in [3.05, 3.63) is 38.8 Å². The molecule has 0 saturated carbocycles. The smallest absolute Gasteiger partial charge is 0.322 e. The van der Waals surface area contributed by atoms with Gasteiger partial charge in [0.1, 0.15) is 17.9 Å². The van der Waals surface area contributed by atoms with Crippen molar-refractivity contribution in [1.29, 1.82) is 0 Å². The molecular weight excluding hydrogens is 436 g/mol. The molecular formula is C13H12Br2N4O4. The van der Waals surface area contributed by atoms with Gasteiger partial charge in [-0.15, -0.1) is 0 Å². The van der Waals surface area contributed by atoms with E-state index in [-0.39, 0.29) is 11.6 Å². The maximum Gasteiger partial charge on any atom is 0.322 e. The Morgan fingerprint density at radius 1 is 1.26 bits per heavy atom. The van der Waals surface area contributed by atoms with Gasteiger partial charge in [0, 0.05) is 13.2 Å². The van der Waals surface area contributed by atoms with E-state index < -0.39 is 18.4 Å². The first-order valence-corrected chi connectivity index (χ1v) is 7.88. The van der Waals surface area contributed by atoms with Crippen LogP contribution in [-0.2, 0) is 11.8 Å². The number of nitrogens with one attached hydrogen (secondary N) is 3.